The first kappa shape index (κ1) is 8.82. The molecule has 2 aromatic rings. The van der Waals surface area contributed by atoms with E-state index in [1.807, 2.05) is 42.5 Å². The van der Waals surface area contributed by atoms with E-state index in [9.17, 15) is 0 Å². The third kappa shape index (κ3) is 1.77. The van der Waals surface area contributed by atoms with Gasteiger partial charge in [0, 0.05) is 0 Å². The van der Waals surface area contributed by atoms with Crippen LogP contribution >= 0.6 is 0 Å². The first-order valence-corrected chi connectivity index (χ1v) is 4.51. The maximum atomic E-state index is 5.10. The van der Waals surface area contributed by atoms with E-state index in [0.29, 0.717) is 0 Å². The molecule has 0 saturated heterocycles. The van der Waals surface area contributed by atoms with Gasteiger partial charge in [-0.25, -0.2) is 0 Å². The topological polar surface area (TPSA) is 9.23 Å². The molecule has 0 atom stereocenters. The fourth-order valence-corrected chi connectivity index (χ4v) is 1.36. The van der Waals surface area contributed by atoms with Crippen molar-refractivity contribution in [2.24, 2.45) is 0 Å². The van der Waals surface area contributed by atoms with Crippen LogP contribution in [0, 0.1) is 6.07 Å². The average Bonchev–Trinajstić information content (AvgIpc) is 2.30. The zero-order valence-electron chi connectivity index (χ0n) is 8.03. The summed E-state index contributed by atoms with van der Waals surface area (Å²) in [6.45, 7) is 0. The van der Waals surface area contributed by atoms with Crippen LogP contribution in [0.4, 0.5) is 0 Å². The highest BCUT2D eigenvalue weighted by molar-refractivity contribution is 5.63. The summed E-state index contributed by atoms with van der Waals surface area (Å²) in [5.74, 6) is 0.883. The minimum Gasteiger partial charge on any atom is -0.497 e. The Hall–Kier alpha value is -1.76. The molecule has 0 fully saturated rings. The molecule has 2 rings (SSSR count). The zero-order chi connectivity index (χ0) is 9.80. The SMILES string of the molecule is COc1ccc(-c2c[c]ccc2)cc1. The van der Waals surface area contributed by atoms with Crippen molar-refractivity contribution in [3.05, 3.63) is 54.6 Å². The van der Waals surface area contributed by atoms with Gasteiger partial charge in [-0.1, -0.05) is 30.3 Å². The first-order valence-electron chi connectivity index (χ1n) is 4.51. The smallest absolute Gasteiger partial charge is 0.118 e. The lowest BCUT2D eigenvalue weighted by Crippen LogP contribution is -1.82. The third-order valence-corrected chi connectivity index (χ3v) is 2.13. The summed E-state index contributed by atoms with van der Waals surface area (Å²) in [7, 11) is 1.67. The number of ether oxygens (including phenoxy) is 1. The number of rotatable bonds is 2. The van der Waals surface area contributed by atoms with Crippen molar-refractivity contribution in [3.8, 4) is 16.9 Å². The Balaban J connectivity index is 2.34. The summed E-state index contributed by atoms with van der Waals surface area (Å²) in [5.41, 5.74) is 2.36. The van der Waals surface area contributed by atoms with Gasteiger partial charge < -0.3 is 4.74 Å². The molecule has 0 spiro atoms. The molecule has 1 heteroatoms. The Morgan fingerprint density at radius 2 is 1.79 bits per heavy atom. The second-order valence-corrected chi connectivity index (χ2v) is 3.02. The Labute approximate surface area is 84.0 Å². The van der Waals surface area contributed by atoms with E-state index >= 15 is 0 Å². The zero-order valence-corrected chi connectivity index (χ0v) is 8.03. The summed E-state index contributed by atoms with van der Waals surface area (Å²) in [6, 6.07) is 19.0. The van der Waals surface area contributed by atoms with E-state index in [1.165, 1.54) is 11.1 Å². The van der Waals surface area contributed by atoms with Gasteiger partial charge in [0.15, 0.2) is 0 Å². The maximum absolute atomic E-state index is 5.10. The molecule has 0 unspecified atom stereocenters. The molecule has 2 aromatic carbocycles. The largest absolute Gasteiger partial charge is 0.497 e. The maximum Gasteiger partial charge on any atom is 0.118 e. The predicted molar refractivity (Wildman–Crippen MR) is 57.3 cm³/mol. The molecule has 0 saturated carbocycles. The molecule has 0 amide bonds. The Kier molecular flexibility index (Phi) is 2.50. The Bertz CT molecular complexity index is 389. The van der Waals surface area contributed by atoms with Crippen LogP contribution in [-0.2, 0) is 0 Å². The summed E-state index contributed by atoms with van der Waals surface area (Å²) in [6.07, 6.45) is 0. The number of methoxy groups -OCH3 is 1. The molecule has 1 nitrogen and oxygen atoms in total. The van der Waals surface area contributed by atoms with Crippen LogP contribution in [0.3, 0.4) is 0 Å². The molecular weight excluding hydrogens is 172 g/mol. The van der Waals surface area contributed by atoms with Gasteiger partial charge in [0.25, 0.3) is 0 Å². The van der Waals surface area contributed by atoms with Crippen LogP contribution in [0.1, 0.15) is 0 Å². The van der Waals surface area contributed by atoms with Gasteiger partial charge in [0.1, 0.15) is 5.75 Å². The highest BCUT2D eigenvalue weighted by Crippen LogP contribution is 2.21. The van der Waals surface area contributed by atoms with Gasteiger partial charge in [0.05, 0.1) is 7.11 Å². The van der Waals surface area contributed by atoms with Gasteiger partial charge in [-0.2, -0.15) is 0 Å². The average molecular weight is 183 g/mol. The lowest BCUT2D eigenvalue weighted by atomic mass is 10.1. The molecule has 69 valence electrons. The molecule has 0 N–H and O–H groups in total. The van der Waals surface area contributed by atoms with Crippen LogP contribution in [0.15, 0.2) is 48.5 Å². The quantitative estimate of drug-likeness (QED) is 0.694. The summed E-state index contributed by atoms with van der Waals surface area (Å²) >= 11 is 0. The van der Waals surface area contributed by atoms with Crippen LogP contribution in [-0.4, -0.2) is 7.11 Å². The molecule has 0 aliphatic heterocycles. The van der Waals surface area contributed by atoms with Gasteiger partial charge >= 0.3 is 0 Å². The molecule has 0 aliphatic carbocycles. The molecule has 0 heterocycles. The lowest BCUT2D eigenvalue weighted by molar-refractivity contribution is 0.415. The molecule has 0 aliphatic rings. The normalized spacial score (nSPS) is 9.79. The molecule has 14 heavy (non-hydrogen) atoms. The van der Waals surface area contributed by atoms with Crippen LogP contribution in [0.25, 0.3) is 11.1 Å². The van der Waals surface area contributed by atoms with Crippen molar-refractivity contribution in [1.82, 2.24) is 0 Å². The van der Waals surface area contributed by atoms with Gasteiger partial charge in [-0.3, -0.25) is 0 Å². The second kappa shape index (κ2) is 3.97. The number of benzene rings is 2. The van der Waals surface area contributed by atoms with E-state index in [1.54, 1.807) is 7.11 Å². The molecular formula is C13H11O. The fourth-order valence-electron chi connectivity index (χ4n) is 1.36. The lowest BCUT2D eigenvalue weighted by Gasteiger charge is -2.02. The van der Waals surface area contributed by atoms with Crippen LogP contribution in [0.5, 0.6) is 5.75 Å². The van der Waals surface area contributed by atoms with Gasteiger partial charge in [-0.15, -0.1) is 0 Å². The number of hydrogen-bond acceptors (Lipinski definition) is 1. The van der Waals surface area contributed by atoms with Crippen molar-refractivity contribution in [2.45, 2.75) is 0 Å². The van der Waals surface area contributed by atoms with Crippen molar-refractivity contribution < 1.29 is 4.74 Å². The van der Waals surface area contributed by atoms with Crippen molar-refractivity contribution in [3.63, 3.8) is 0 Å². The summed E-state index contributed by atoms with van der Waals surface area (Å²) in [4.78, 5) is 0. The highest BCUT2D eigenvalue weighted by Gasteiger charge is 1.96. The minimum atomic E-state index is 0.883. The van der Waals surface area contributed by atoms with E-state index in [2.05, 4.69) is 12.1 Å². The Morgan fingerprint density at radius 3 is 2.36 bits per heavy atom. The summed E-state index contributed by atoms with van der Waals surface area (Å²) < 4.78 is 5.10. The van der Waals surface area contributed by atoms with Crippen molar-refractivity contribution in [2.75, 3.05) is 7.11 Å². The van der Waals surface area contributed by atoms with Gasteiger partial charge in [-0.05, 0) is 35.4 Å². The van der Waals surface area contributed by atoms with Crippen molar-refractivity contribution in [1.29, 1.82) is 0 Å². The van der Waals surface area contributed by atoms with E-state index in [0.717, 1.165) is 5.75 Å². The fraction of sp³-hybridized carbons (Fsp3) is 0.0769. The van der Waals surface area contributed by atoms with Crippen LogP contribution < -0.4 is 4.74 Å². The monoisotopic (exact) mass is 183 g/mol. The first-order chi connectivity index (χ1) is 6.90. The Morgan fingerprint density at radius 1 is 1.00 bits per heavy atom. The molecule has 0 bridgehead atoms. The van der Waals surface area contributed by atoms with Gasteiger partial charge in [0.2, 0.25) is 0 Å². The summed E-state index contributed by atoms with van der Waals surface area (Å²) in [5, 5.41) is 0. The number of hydrogen-bond donors (Lipinski definition) is 0. The van der Waals surface area contributed by atoms with Crippen molar-refractivity contribution >= 4 is 0 Å². The standard InChI is InChI=1S/C13H11O/c1-14-13-9-7-12(8-10-13)11-5-3-2-4-6-11/h2-3,5-10H,1H3. The second-order valence-electron chi connectivity index (χ2n) is 3.02. The predicted octanol–water partition coefficient (Wildman–Crippen LogP) is 3.16. The minimum absolute atomic E-state index is 0.883. The third-order valence-electron chi connectivity index (χ3n) is 2.13. The van der Waals surface area contributed by atoms with E-state index in [4.69, 9.17) is 4.74 Å². The van der Waals surface area contributed by atoms with Crippen LogP contribution in [0.2, 0.25) is 0 Å². The molecule has 0 aromatic heterocycles. The highest BCUT2D eigenvalue weighted by atomic mass is 16.5. The molecule has 1 radical (unpaired) electrons. The van der Waals surface area contributed by atoms with E-state index < -0.39 is 0 Å². The van der Waals surface area contributed by atoms with E-state index in [-0.39, 0.29) is 0 Å².